The van der Waals surface area contributed by atoms with Crippen LogP contribution in [-0.2, 0) is 28.6 Å². The molecule has 0 aliphatic carbocycles. The van der Waals surface area contributed by atoms with Crippen LogP contribution in [0.1, 0.15) is 194 Å². The van der Waals surface area contributed by atoms with Crippen molar-refractivity contribution in [3.63, 3.8) is 0 Å². The van der Waals surface area contributed by atoms with E-state index in [0.29, 0.717) is 6.42 Å². The van der Waals surface area contributed by atoms with Gasteiger partial charge < -0.3 is 24.4 Å². The second-order valence-corrected chi connectivity index (χ2v) is 13.2. The molecular formula is C38H68O8. The summed E-state index contributed by atoms with van der Waals surface area (Å²) < 4.78 is 15.2. The van der Waals surface area contributed by atoms with Crippen LogP contribution in [0.2, 0.25) is 0 Å². The van der Waals surface area contributed by atoms with Gasteiger partial charge in [0.2, 0.25) is 0 Å². The van der Waals surface area contributed by atoms with E-state index in [-0.39, 0.29) is 12.8 Å². The Hall–Kier alpha value is -2.09. The highest BCUT2D eigenvalue weighted by Crippen LogP contribution is 2.25. The first-order valence-corrected chi connectivity index (χ1v) is 19.1. The number of ether oxygens (including phenoxy) is 3. The minimum absolute atomic E-state index is 0.131. The van der Waals surface area contributed by atoms with Crippen LogP contribution in [0.4, 0.5) is 0 Å². The summed E-state index contributed by atoms with van der Waals surface area (Å²) >= 11 is 0. The van der Waals surface area contributed by atoms with Gasteiger partial charge in [0.05, 0.1) is 0 Å². The summed E-state index contributed by atoms with van der Waals surface area (Å²) in [6, 6.07) is 0. The molecule has 0 saturated carbocycles. The van der Waals surface area contributed by atoms with Gasteiger partial charge in [-0.25, -0.2) is 4.79 Å². The smallest absolute Gasteiger partial charge is 0.378 e. The number of aliphatic hydroxyl groups is 2. The lowest BCUT2D eigenvalue weighted by Gasteiger charge is -2.17. The molecule has 0 aromatic rings. The van der Waals surface area contributed by atoms with Crippen molar-refractivity contribution in [2.45, 2.75) is 206 Å². The molecule has 8 heteroatoms. The first-order valence-electron chi connectivity index (χ1n) is 19.1. The molecule has 2 N–H and O–H groups in total. The summed E-state index contributed by atoms with van der Waals surface area (Å²) in [5.41, 5.74) is 0. The topological polar surface area (TPSA) is 119 Å². The van der Waals surface area contributed by atoms with Gasteiger partial charge in [-0.3, -0.25) is 9.59 Å². The molecule has 2 unspecified atom stereocenters. The quantitative estimate of drug-likeness (QED) is 0.0419. The van der Waals surface area contributed by atoms with Gasteiger partial charge in [0.1, 0.15) is 12.7 Å². The molecule has 2 atom stereocenters. The molecular weight excluding hydrogens is 584 g/mol. The van der Waals surface area contributed by atoms with Crippen molar-refractivity contribution < 1.29 is 38.8 Å². The van der Waals surface area contributed by atoms with Crippen molar-refractivity contribution >= 4 is 17.9 Å². The van der Waals surface area contributed by atoms with E-state index in [1.54, 1.807) is 0 Å². The highest BCUT2D eigenvalue weighted by molar-refractivity contribution is 5.92. The number of carbonyl (C=O) groups excluding carboxylic acids is 3. The van der Waals surface area contributed by atoms with Crippen LogP contribution in [-0.4, -0.2) is 46.9 Å². The fourth-order valence-corrected chi connectivity index (χ4v) is 5.89. The standard InChI is InChI=1S/C38H68O8/c1-3-5-7-9-11-13-15-17-19-21-23-25-27-29-33(40)44-31-32(39)36-35(42)37(38(43)46-36)45-34(41)30-28-26-24-22-20-18-16-14-12-10-8-6-4-2/h32,36,39,42H,3-31H2,1-2H3. The Morgan fingerprint density at radius 2 is 0.957 bits per heavy atom. The monoisotopic (exact) mass is 652 g/mol. The Bertz CT molecular complexity index is 824. The van der Waals surface area contributed by atoms with Crippen LogP contribution >= 0.6 is 0 Å². The first kappa shape index (κ1) is 41.9. The lowest BCUT2D eigenvalue weighted by molar-refractivity contribution is -0.157. The maximum absolute atomic E-state index is 12.2. The number of rotatable bonds is 32. The van der Waals surface area contributed by atoms with Crippen LogP contribution in [0.3, 0.4) is 0 Å². The van der Waals surface area contributed by atoms with Gasteiger partial charge in [0.25, 0.3) is 5.76 Å². The van der Waals surface area contributed by atoms with E-state index in [1.165, 1.54) is 122 Å². The SMILES string of the molecule is CCCCCCCCCCCCCCCC(=O)OCC(O)C1OC(=O)C(OC(=O)CCCCCCCCCCCCCCC)=C1O. The normalized spacial score (nSPS) is 15.3. The number of hydrogen-bond acceptors (Lipinski definition) is 8. The van der Waals surface area contributed by atoms with Crippen molar-refractivity contribution in [1.29, 1.82) is 0 Å². The minimum Gasteiger partial charge on any atom is -0.505 e. The summed E-state index contributed by atoms with van der Waals surface area (Å²) in [4.78, 5) is 36.5. The van der Waals surface area contributed by atoms with Gasteiger partial charge in [-0.05, 0) is 12.8 Å². The van der Waals surface area contributed by atoms with Gasteiger partial charge in [-0.2, -0.15) is 0 Å². The Balaban J connectivity index is 2.09. The molecule has 1 aliphatic rings. The third kappa shape index (κ3) is 21.7. The fraction of sp³-hybridized carbons (Fsp3) is 0.868. The lowest BCUT2D eigenvalue weighted by Crippen LogP contribution is -2.33. The zero-order chi connectivity index (χ0) is 33.7. The molecule has 0 fully saturated rings. The third-order valence-corrected chi connectivity index (χ3v) is 8.87. The molecule has 1 heterocycles. The van der Waals surface area contributed by atoms with E-state index in [0.717, 1.165) is 38.5 Å². The predicted octanol–water partition coefficient (Wildman–Crippen LogP) is 10.1. The molecule has 0 spiro atoms. The zero-order valence-corrected chi connectivity index (χ0v) is 29.5. The van der Waals surface area contributed by atoms with Gasteiger partial charge in [0, 0.05) is 12.8 Å². The lowest BCUT2D eigenvalue weighted by atomic mass is 10.0. The maximum atomic E-state index is 12.2. The Morgan fingerprint density at radius 1 is 0.609 bits per heavy atom. The van der Waals surface area contributed by atoms with Crippen molar-refractivity contribution in [3.05, 3.63) is 11.5 Å². The van der Waals surface area contributed by atoms with Crippen molar-refractivity contribution in [1.82, 2.24) is 0 Å². The molecule has 0 radical (unpaired) electrons. The average molecular weight is 653 g/mol. The van der Waals surface area contributed by atoms with Crippen LogP contribution in [0.15, 0.2) is 11.5 Å². The molecule has 0 aromatic heterocycles. The minimum atomic E-state index is -1.46. The summed E-state index contributed by atoms with van der Waals surface area (Å²) in [6.45, 7) is 4.05. The summed E-state index contributed by atoms with van der Waals surface area (Å²) in [6.07, 6.45) is 28.8. The Labute approximate surface area is 280 Å². The number of unbranched alkanes of at least 4 members (excludes halogenated alkanes) is 24. The molecule has 0 bridgehead atoms. The molecule has 0 saturated heterocycles. The van der Waals surface area contributed by atoms with Crippen LogP contribution in [0.25, 0.3) is 0 Å². The number of esters is 3. The number of cyclic esters (lactones) is 1. The zero-order valence-electron chi connectivity index (χ0n) is 29.5. The van der Waals surface area contributed by atoms with E-state index >= 15 is 0 Å². The predicted molar refractivity (Wildman–Crippen MR) is 183 cm³/mol. The fourth-order valence-electron chi connectivity index (χ4n) is 5.89. The number of aliphatic hydroxyl groups excluding tert-OH is 2. The second kappa shape index (κ2) is 29.1. The van der Waals surface area contributed by atoms with Gasteiger partial charge in [0.15, 0.2) is 11.9 Å². The largest absolute Gasteiger partial charge is 0.505 e. The number of hydrogen-bond donors (Lipinski definition) is 2. The Kier molecular flexibility index (Phi) is 26.5. The highest BCUT2D eigenvalue weighted by atomic mass is 16.6. The van der Waals surface area contributed by atoms with Crippen molar-refractivity contribution in [2.24, 2.45) is 0 Å². The van der Waals surface area contributed by atoms with Crippen molar-refractivity contribution in [2.75, 3.05) is 6.61 Å². The van der Waals surface area contributed by atoms with E-state index in [4.69, 9.17) is 14.2 Å². The molecule has 1 aliphatic heterocycles. The molecule has 0 amide bonds. The third-order valence-electron chi connectivity index (χ3n) is 8.87. The van der Waals surface area contributed by atoms with E-state index in [2.05, 4.69) is 13.8 Å². The molecule has 46 heavy (non-hydrogen) atoms. The highest BCUT2D eigenvalue weighted by Gasteiger charge is 2.42. The van der Waals surface area contributed by atoms with E-state index in [9.17, 15) is 24.6 Å². The molecule has 268 valence electrons. The molecule has 8 nitrogen and oxygen atoms in total. The van der Waals surface area contributed by atoms with Crippen LogP contribution in [0, 0.1) is 0 Å². The summed E-state index contributed by atoms with van der Waals surface area (Å²) in [7, 11) is 0. The molecule has 0 aromatic carbocycles. The van der Waals surface area contributed by atoms with Crippen LogP contribution in [0.5, 0.6) is 0 Å². The van der Waals surface area contributed by atoms with Gasteiger partial charge >= 0.3 is 17.9 Å². The first-order chi connectivity index (χ1) is 22.4. The maximum Gasteiger partial charge on any atom is 0.378 e. The van der Waals surface area contributed by atoms with Gasteiger partial charge in [-0.15, -0.1) is 0 Å². The summed E-state index contributed by atoms with van der Waals surface area (Å²) in [5.74, 6) is -3.33. The van der Waals surface area contributed by atoms with E-state index in [1.807, 2.05) is 0 Å². The second-order valence-electron chi connectivity index (χ2n) is 13.2. The van der Waals surface area contributed by atoms with Crippen LogP contribution < -0.4 is 0 Å². The summed E-state index contributed by atoms with van der Waals surface area (Å²) in [5, 5.41) is 20.7. The Morgan fingerprint density at radius 3 is 1.35 bits per heavy atom. The average Bonchev–Trinajstić information content (AvgIpc) is 3.32. The van der Waals surface area contributed by atoms with Gasteiger partial charge in [-0.1, -0.05) is 168 Å². The van der Waals surface area contributed by atoms with Crippen molar-refractivity contribution in [3.8, 4) is 0 Å². The molecule has 1 rings (SSSR count). The van der Waals surface area contributed by atoms with E-state index < -0.39 is 48.2 Å². The number of carbonyl (C=O) groups is 3.